The monoisotopic (exact) mass is 715 g/mol. The summed E-state index contributed by atoms with van der Waals surface area (Å²) < 4.78 is 0. The first-order chi connectivity index (χ1) is 27.8. The molecule has 1 nitrogen and oxygen atoms in total. The molecule has 0 fully saturated rings. The van der Waals surface area contributed by atoms with Gasteiger partial charge in [0, 0.05) is 17.1 Å². The Morgan fingerprint density at radius 1 is 0.357 bits per heavy atom. The van der Waals surface area contributed by atoms with Gasteiger partial charge in [-0.15, -0.1) is 0 Å². The fourth-order valence-corrected chi connectivity index (χ4v) is 9.04. The lowest BCUT2D eigenvalue weighted by molar-refractivity contribution is 0.769. The summed E-state index contributed by atoms with van der Waals surface area (Å²) in [5.74, 6) is 0. The van der Waals surface area contributed by atoms with E-state index in [1.165, 1.54) is 66.8 Å². The van der Waals surface area contributed by atoms with Crippen LogP contribution in [0.4, 0.5) is 17.1 Å². The Morgan fingerprint density at radius 3 is 1.48 bits per heavy atom. The van der Waals surface area contributed by atoms with E-state index in [2.05, 4.69) is 229 Å². The van der Waals surface area contributed by atoms with Crippen molar-refractivity contribution in [3.63, 3.8) is 0 Å². The Bertz CT molecular complexity index is 2660. The molecule has 0 atom stereocenters. The van der Waals surface area contributed by atoms with E-state index < -0.39 is 5.41 Å². The van der Waals surface area contributed by atoms with Crippen molar-refractivity contribution >= 4 is 22.6 Å². The van der Waals surface area contributed by atoms with E-state index in [9.17, 15) is 0 Å². The highest BCUT2D eigenvalue weighted by atomic mass is 15.1. The van der Waals surface area contributed by atoms with E-state index in [-0.39, 0.29) is 0 Å². The molecular weight excluding hydrogens is 675 g/mol. The number of benzene rings is 8. The second-order valence-electron chi connectivity index (χ2n) is 14.7. The highest BCUT2D eigenvalue weighted by Crippen LogP contribution is 2.56. The summed E-state index contributed by atoms with van der Waals surface area (Å²) in [4.78, 5) is 2.35. The molecule has 0 aromatic heterocycles. The minimum Gasteiger partial charge on any atom is -0.311 e. The van der Waals surface area contributed by atoms with Crippen molar-refractivity contribution in [2.75, 3.05) is 4.90 Å². The van der Waals surface area contributed by atoms with Gasteiger partial charge in [0.2, 0.25) is 0 Å². The van der Waals surface area contributed by atoms with Crippen LogP contribution in [0.5, 0.6) is 0 Å². The van der Waals surface area contributed by atoms with Gasteiger partial charge in [-0.3, -0.25) is 0 Å². The van der Waals surface area contributed by atoms with Gasteiger partial charge in [-0.05, 0) is 122 Å². The number of para-hydroxylation sites is 1. The first kappa shape index (κ1) is 33.6. The average molecular weight is 716 g/mol. The molecule has 56 heavy (non-hydrogen) atoms. The summed E-state index contributed by atoms with van der Waals surface area (Å²) in [6.07, 6.45) is 9.07. The van der Waals surface area contributed by atoms with Crippen LogP contribution in [0.15, 0.2) is 224 Å². The minimum atomic E-state index is -0.462. The van der Waals surface area contributed by atoms with Gasteiger partial charge >= 0.3 is 0 Å². The van der Waals surface area contributed by atoms with E-state index in [4.69, 9.17) is 0 Å². The number of hydrogen-bond donors (Lipinski definition) is 0. The molecule has 8 aromatic carbocycles. The molecular formula is C55H41N. The fourth-order valence-electron chi connectivity index (χ4n) is 9.04. The molecule has 0 spiro atoms. The lowest BCUT2D eigenvalue weighted by atomic mass is 9.67. The Balaban J connectivity index is 1.10. The molecule has 0 radical (unpaired) electrons. The molecule has 266 valence electrons. The molecule has 0 aliphatic heterocycles. The lowest BCUT2D eigenvalue weighted by Crippen LogP contribution is -2.28. The van der Waals surface area contributed by atoms with Crippen molar-refractivity contribution < 1.29 is 0 Å². The largest absolute Gasteiger partial charge is 0.311 e. The number of fused-ring (bicyclic) bond motifs is 3. The average Bonchev–Trinajstić information content (AvgIpc) is 3.59. The van der Waals surface area contributed by atoms with E-state index in [1.54, 1.807) is 0 Å². The molecule has 0 saturated heterocycles. The zero-order chi connectivity index (χ0) is 37.3. The summed E-state index contributed by atoms with van der Waals surface area (Å²) in [5, 5.41) is 0. The van der Waals surface area contributed by atoms with Crippen molar-refractivity contribution in [3.8, 4) is 33.4 Å². The number of hydrogen-bond acceptors (Lipinski definition) is 1. The summed E-state index contributed by atoms with van der Waals surface area (Å²) in [7, 11) is 0. The van der Waals surface area contributed by atoms with Crippen LogP contribution in [0.1, 0.15) is 40.7 Å². The Kier molecular flexibility index (Phi) is 8.61. The smallest absolute Gasteiger partial charge is 0.0713 e. The minimum absolute atomic E-state index is 0.462. The molecule has 0 bridgehead atoms. The van der Waals surface area contributed by atoms with E-state index in [1.807, 2.05) is 0 Å². The van der Waals surface area contributed by atoms with Crippen LogP contribution in [-0.2, 0) is 5.41 Å². The van der Waals surface area contributed by atoms with E-state index >= 15 is 0 Å². The van der Waals surface area contributed by atoms with Crippen molar-refractivity contribution in [2.45, 2.75) is 18.3 Å². The molecule has 10 rings (SSSR count). The molecule has 0 saturated carbocycles. The van der Waals surface area contributed by atoms with E-state index in [0.717, 1.165) is 29.9 Å². The second kappa shape index (κ2) is 14.4. The van der Waals surface area contributed by atoms with Crippen LogP contribution in [0, 0.1) is 0 Å². The predicted octanol–water partition coefficient (Wildman–Crippen LogP) is 14.6. The van der Waals surface area contributed by atoms with Gasteiger partial charge in [0.05, 0.1) is 5.41 Å². The number of allylic oxidation sites excluding steroid dienone is 4. The van der Waals surface area contributed by atoms with Gasteiger partial charge < -0.3 is 4.90 Å². The third-order valence-corrected chi connectivity index (χ3v) is 11.6. The molecule has 2 aliphatic rings. The van der Waals surface area contributed by atoms with Crippen LogP contribution in [0.3, 0.4) is 0 Å². The predicted molar refractivity (Wildman–Crippen MR) is 236 cm³/mol. The molecule has 0 N–H and O–H groups in total. The first-order valence-corrected chi connectivity index (χ1v) is 19.7. The van der Waals surface area contributed by atoms with Crippen molar-refractivity contribution in [3.05, 3.63) is 252 Å². The number of nitrogens with zero attached hydrogens (tertiary/aromatic N) is 1. The third kappa shape index (κ3) is 5.72. The van der Waals surface area contributed by atoms with Crippen LogP contribution in [-0.4, -0.2) is 0 Å². The van der Waals surface area contributed by atoms with Gasteiger partial charge in [0.15, 0.2) is 0 Å². The summed E-state index contributed by atoms with van der Waals surface area (Å²) in [5.41, 5.74) is 18.0. The topological polar surface area (TPSA) is 3.24 Å². The van der Waals surface area contributed by atoms with Gasteiger partial charge in [0.25, 0.3) is 0 Å². The molecule has 8 aromatic rings. The van der Waals surface area contributed by atoms with Crippen molar-refractivity contribution in [1.29, 1.82) is 0 Å². The normalized spacial score (nSPS) is 13.8. The molecule has 2 aliphatic carbocycles. The lowest BCUT2D eigenvalue weighted by Gasteiger charge is -2.34. The maximum Gasteiger partial charge on any atom is 0.0713 e. The Morgan fingerprint density at radius 2 is 0.875 bits per heavy atom. The van der Waals surface area contributed by atoms with Gasteiger partial charge in [-0.1, -0.05) is 182 Å². The number of anilines is 3. The maximum atomic E-state index is 2.46. The summed E-state index contributed by atoms with van der Waals surface area (Å²) in [6.45, 7) is 0. The van der Waals surface area contributed by atoms with Crippen molar-refractivity contribution in [2.24, 2.45) is 0 Å². The summed E-state index contributed by atoms with van der Waals surface area (Å²) >= 11 is 0. The SMILES string of the molecule is C1=CC(c2ccc(N(c3ccccc3)c3ccc(-c4ccc(C5(c6ccccc6)c6ccccc6-c6ccccc65)cc4-c4ccccc4)cc3)cc2)=CCC1. The molecule has 0 heterocycles. The van der Waals surface area contributed by atoms with E-state index in [0.29, 0.717) is 0 Å². The second-order valence-corrected chi connectivity index (χ2v) is 14.7. The molecule has 1 heteroatoms. The van der Waals surface area contributed by atoms with Crippen LogP contribution >= 0.6 is 0 Å². The van der Waals surface area contributed by atoms with Crippen LogP contribution in [0.25, 0.3) is 39.0 Å². The first-order valence-electron chi connectivity index (χ1n) is 19.7. The molecule has 0 unspecified atom stereocenters. The highest BCUT2D eigenvalue weighted by Gasteiger charge is 2.46. The quantitative estimate of drug-likeness (QED) is 0.151. The summed E-state index contributed by atoms with van der Waals surface area (Å²) in [6, 6.07) is 75.8. The van der Waals surface area contributed by atoms with Gasteiger partial charge in [-0.2, -0.15) is 0 Å². The zero-order valence-electron chi connectivity index (χ0n) is 31.2. The van der Waals surface area contributed by atoms with Gasteiger partial charge in [0.1, 0.15) is 0 Å². The Labute approximate surface area is 330 Å². The van der Waals surface area contributed by atoms with Crippen molar-refractivity contribution in [1.82, 2.24) is 0 Å². The third-order valence-electron chi connectivity index (χ3n) is 11.6. The Hall–Kier alpha value is -6.96. The zero-order valence-corrected chi connectivity index (χ0v) is 31.2. The standard InChI is InChI=1S/C55H41N/c1-5-17-40(18-6-1)41-29-34-47(35-30-41)56(46-23-11-4-12-24-46)48-36-31-43(32-37-48)49-38-33-45(39-52(49)42-19-7-2-8-20-42)55(44-21-9-3-10-22-44)53-27-15-13-25-50(53)51-26-14-16-28-54(51)55/h2-5,7-39H,1,6H2. The van der Waals surface area contributed by atoms with Crippen LogP contribution in [0.2, 0.25) is 0 Å². The highest BCUT2D eigenvalue weighted by molar-refractivity contribution is 5.90. The van der Waals surface area contributed by atoms with Crippen LogP contribution < -0.4 is 4.90 Å². The maximum absolute atomic E-state index is 2.46. The van der Waals surface area contributed by atoms with Gasteiger partial charge in [-0.25, -0.2) is 0 Å². The number of rotatable bonds is 8. The fraction of sp³-hybridized carbons (Fsp3) is 0.0545. The molecule has 0 amide bonds.